The molecule has 1 aromatic rings. The van der Waals surface area contributed by atoms with E-state index in [0.717, 1.165) is 30.5 Å². The van der Waals surface area contributed by atoms with Gasteiger partial charge in [-0.1, -0.05) is 53.3 Å². The molecule has 0 radical (unpaired) electrons. The predicted molar refractivity (Wildman–Crippen MR) is 88.4 cm³/mol. The molecular weight excluding hydrogens is 250 g/mol. The number of thioether (sulfide) groups is 1. The van der Waals surface area contributed by atoms with E-state index in [0.29, 0.717) is 0 Å². The summed E-state index contributed by atoms with van der Waals surface area (Å²) in [6, 6.07) is 4.11. The molecule has 0 bridgehead atoms. The second-order valence-electron chi connectivity index (χ2n) is 5.78. The highest BCUT2D eigenvalue weighted by molar-refractivity contribution is 8.04. The van der Waals surface area contributed by atoms with Crippen LogP contribution in [-0.4, -0.2) is 9.73 Å². The van der Waals surface area contributed by atoms with Crippen LogP contribution >= 0.6 is 11.8 Å². The normalized spacial score (nSPS) is 11.4. The van der Waals surface area contributed by atoms with Gasteiger partial charge in [-0.2, -0.15) is 0 Å². The summed E-state index contributed by atoms with van der Waals surface area (Å²) in [6.07, 6.45) is 4.81. The molecule has 0 N–H and O–H groups in total. The van der Waals surface area contributed by atoms with Crippen LogP contribution in [0.5, 0.6) is 0 Å². The number of rotatable bonds is 6. The zero-order valence-electron chi connectivity index (χ0n) is 12.6. The van der Waals surface area contributed by atoms with Crippen molar-refractivity contribution in [1.29, 1.82) is 0 Å². The molecule has 0 unspecified atom stereocenters. The minimum absolute atomic E-state index is 0.207. The third kappa shape index (κ3) is 5.65. The van der Waals surface area contributed by atoms with Crippen molar-refractivity contribution in [3.63, 3.8) is 0 Å². The standard InChI is InChI=1S/C17H25NS/c1-7-9-16-15(10-8-11-18-16)13(2)12-14(3)19-17(4,5)6/h8,10-11H,2-3,7,9,12H2,1,4-6H3. The summed E-state index contributed by atoms with van der Waals surface area (Å²) in [6.45, 7) is 17.2. The molecule has 0 saturated heterocycles. The number of aryl methyl sites for hydroxylation is 1. The highest BCUT2D eigenvalue weighted by Crippen LogP contribution is 2.35. The van der Waals surface area contributed by atoms with Crippen LogP contribution in [0.3, 0.4) is 0 Å². The van der Waals surface area contributed by atoms with E-state index in [1.54, 1.807) is 0 Å². The molecule has 1 heterocycles. The Morgan fingerprint density at radius 3 is 2.58 bits per heavy atom. The van der Waals surface area contributed by atoms with E-state index in [1.807, 2.05) is 24.0 Å². The minimum Gasteiger partial charge on any atom is -0.261 e. The van der Waals surface area contributed by atoms with Crippen molar-refractivity contribution in [2.75, 3.05) is 0 Å². The van der Waals surface area contributed by atoms with Crippen molar-refractivity contribution < 1.29 is 0 Å². The Bertz CT molecular complexity index is 455. The van der Waals surface area contributed by atoms with Gasteiger partial charge in [0.1, 0.15) is 0 Å². The molecule has 0 saturated carbocycles. The molecule has 19 heavy (non-hydrogen) atoms. The molecule has 104 valence electrons. The van der Waals surface area contributed by atoms with E-state index >= 15 is 0 Å². The molecule has 0 aliphatic heterocycles. The monoisotopic (exact) mass is 275 g/mol. The fourth-order valence-electron chi connectivity index (χ4n) is 2.00. The van der Waals surface area contributed by atoms with Crippen LogP contribution < -0.4 is 0 Å². The van der Waals surface area contributed by atoms with Crippen molar-refractivity contribution in [1.82, 2.24) is 4.98 Å². The summed E-state index contributed by atoms with van der Waals surface area (Å²) in [5, 5.41) is 0. The topological polar surface area (TPSA) is 12.9 Å². The number of aromatic nitrogens is 1. The Balaban J connectivity index is 2.76. The fraction of sp³-hybridized carbons (Fsp3) is 0.471. The molecule has 1 nitrogen and oxygen atoms in total. The van der Waals surface area contributed by atoms with Crippen LogP contribution in [0.15, 0.2) is 36.4 Å². The minimum atomic E-state index is 0.207. The van der Waals surface area contributed by atoms with E-state index in [-0.39, 0.29) is 4.75 Å². The molecule has 2 heteroatoms. The van der Waals surface area contributed by atoms with Crippen molar-refractivity contribution in [3.05, 3.63) is 47.6 Å². The lowest BCUT2D eigenvalue weighted by Crippen LogP contribution is -2.07. The maximum Gasteiger partial charge on any atom is 0.0478 e. The molecule has 0 atom stereocenters. The fourth-order valence-corrected chi connectivity index (χ4v) is 3.11. The Hall–Kier alpha value is -1.02. The van der Waals surface area contributed by atoms with E-state index in [4.69, 9.17) is 0 Å². The second-order valence-corrected chi connectivity index (χ2v) is 7.79. The zero-order chi connectivity index (χ0) is 14.5. The van der Waals surface area contributed by atoms with Crippen LogP contribution in [0.2, 0.25) is 0 Å². The van der Waals surface area contributed by atoms with E-state index in [2.05, 4.69) is 51.9 Å². The van der Waals surface area contributed by atoms with Gasteiger partial charge in [0.15, 0.2) is 0 Å². The van der Waals surface area contributed by atoms with Crippen LogP contribution in [-0.2, 0) is 6.42 Å². The average Bonchev–Trinajstić information content (AvgIpc) is 2.27. The molecule has 0 spiro atoms. The largest absolute Gasteiger partial charge is 0.261 e. The summed E-state index contributed by atoms with van der Waals surface area (Å²) in [7, 11) is 0. The highest BCUT2D eigenvalue weighted by atomic mass is 32.2. The summed E-state index contributed by atoms with van der Waals surface area (Å²) in [4.78, 5) is 5.64. The smallest absolute Gasteiger partial charge is 0.0478 e. The van der Waals surface area contributed by atoms with Gasteiger partial charge in [0.25, 0.3) is 0 Å². The third-order valence-corrected chi connectivity index (χ3v) is 3.66. The first-order valence-electron chi connectivity index (χ1n) is 6.82. The van der Waals surface area contributed by atoms with E-state index in [1.165, 1.54) is 10.5 Å². The Kier molecular flexibility index (Phi) is 5.86. The lowest BCUT2D eigenvalue weighted by molar-refractivity contribution is 0.806. The lowest BCUT2D eigenvalue weighted by atomic mass is 10.0. The molecule has 0 amide bonds. The number of allylic oxidation sites excluding steroid dienone is 2. The van der Waals surface area contributed by atoms with Gasteiger partial charge in [0.2, 0.25) is 0 Å². The van der Waals surface area contributed by atoms with Gasteiger partial charge in [-0.15, -0.1) is 11.8 Å². The highest BCUT2D eigenvalue weighted by Gasteiger charge is 2.14. The number of pyridine rings is 1. The maximum absolute atomic E-state index is 4.47. The number of hydrogen-bond acceptors (Lipinski definition) is 2. The molecule has 0 aliphatic rings. The van der Waals surface area contributed by atoms with Crippen molar-refractivity contribution in [3.8, 4) is 0 Å². The summed E-state index contributed by atoms with van der Waals surface area (Å²) in [5.74, 6) is 0. The molecule has 0 aliphatic carbocycles. The SMILES string of the molecule is C=C(CC(=C)c1cccnc1CCC)SC(C)(C)C. The maximum atomic E-state index is 4.47. The Morgan fingerprint density at radius 1 is 1.32 bits per heavy atom. The number of nitrogens with zero attached hydrogens (tertiary/aromatic N) is 1. The summed E-state index contributed by atoms with van der Waals surface area (Å²) < 4.78 is 0.207. The molecule has 0 aromatic carbocycles. The van der Waals surface area contributed by atoms with Gasteiger partial charge in [-0.05, 0) is 28.5 Å². The van der Waals surface area contributed by atoms with E-state index < -0.39 is 0 Å². The molecule has 1 rings (SSSR count). The Morgan fingerprint density at radius 2 is 2.00 bits per heavy atom. The van der Waals surface area contributed by atoms with Crippen LogP contribution in [0, 0.1) is 0 Å². The van der Waals surface area contributed by atoms with Crippen molar-refractivity contribution >= 4 is 17.3 Å². The zero-order valence-corrected chi connectivity index (χ0v) is 13.4. The van der Waals surface area contributed by atoms with Crippen LogP contribution in [0.25, 0.3) is 5.57 Å². The van der Waals surface area contributed by atoms with Crippen LogP contribution in [0.4, 0.5) is 0 Å². The van der Waals surface area contributed by atoms with Gasteiger partial charge in [-0.3, -0.25) is 4.98 Å². The average molecular weight is 275 g/mol. The second kappa shape index (κ2) is 6.95. The van der Waals surface area contributed by atoms with Crippen LogP contribution in [0.1, 0.15) is 51.8 Å². The Labute approximate surface area is 122 Å². The van der Waals surface area contributed by atoms with E-state index in [9.17, 15) is 0 Å². The quantitative estimate of drug-likeness (QED) is 0.681. The summed E-state index contributed by atoms with van der Waals surface area (Å²) >= 11 is 1.82. The molecule has 0 fully saturated rings. The van der Waals surface area contributed by atoms with Crippen molar-refractivity contribution in [2.24, 2.45) is 0 Å². The van der Waals surface area contributed by atoms with Gasteiger partial charge >= 0.3 is 0 Å². The van der Waals surface area contributed by atoms with Gasteiger partial charge in [0, 0.05) is 23.1 Å². The molecule has 1 aromatic heterocycles. The van der Waals surface area contributed by atoms with Crippen molar-refractivity contribution in [2.45, 2.75) is 51.7 Å². The first-order valence-corrected chi connectivity index (χ1v) is 7.64. The summed E-state index contributed by atoms with van der Waals surface area (Å²) in [5.41, 5.74) is 3.47. The van der Waals surface area contributed by atoms with Gasteiger partial charge in [-0.25, -0.2) is 0 Å². The first-order chi connectivity index (χ1) is 8.83. The first kappa shape index (κ1) is 16.0. The molecular formula is C17H25NS. The lowest BCUT2D eigenvalue weighted by Gasteiger charge is -2.20. The van der Waals surface area contributed by atoms with Gasteiger partial charge in [0.05, 0.1) is 0 Å². The van der Waals surface area contributed by atoms with Gasteiger partial charge < -0.3 is 0 Å². The number of hydrogen-bond donors (Lipinski definition) is 0. The predicted octanol–water partition coefficient (Wildman–Crippen LogP) is 5.48. The third-order valence-electron chi connectivity index (χ3n) is 2.62.